The second-order valence-corrected chi connectivity index (χ2v) is 32.7. The Kier molecular flexibility index (Phi) is 15.9. The SMILES string of the molecule is c1ccc(N(c2ccc3c(c2)oc2cc4cc5oc6ccccc6c5cc4cc23)c2ccc3c(c2)c2ccccc2n3-c2ccccc2)cc1.c1ccc(N(c2ccc3oc4cc5cc6oc7ccc(N(c8ccccc8)c8ccc9c(c8)c8ccccc8n9-c8ccccc8)cc7c6cc5cc4c3c2)c2ccc3c(c2)c2ccccc2n3-c2ccccc2)cc1. The third-order valence-electron chi connectivity index (χ3n) is 25.5. The molecule has 10 nitrogen and oxygen atoms in total. The summed E-state index contributed by atoms with van der Waals surface area (Å²) in [6.45, 7) is 0. The van der Waals surface area contributed by atoms with Crippen LogP contribution < -0.4 is 14.7 Å². The Balaban J connectivity index is 0.000000146. The van der Waals surface area contributed by atoms with E-state index in [0.717, 1.165) is 189 Å². The third-order valence-corrected chi connectivity index (χ3v) is 25.5. The zero-order chi connectivity index (χ0) is 82.6. The molecule has 0 amide bonds. The van der Waals surface area contributed by atoms with E-state index in [4.69, 9.17) is 17.7 Å². The Bertz CT molecular complexity index is 8750. The summed E-state index contributed by atoms with van der Waals surface area (Å²) in [7, 11) is 0. The smallest absolute Gasteiger partial charge is 0.137 e. The summed E-state index contributed by atoms with van der Waals surface area (Å²) in [6, 6.07) is 156. The molecule has 0 saturated carbocycles. The zero-order valence-electron chi connectivity index (χ0n) is 67.9. The lowest BCUT2D eigenvalue weighted by Crippen LogP contribution is -2.09. The largest absolute Gasteiger partial charge is 0.456 e. The minimum absolute atomic E-state index is 0.834. The van der Waals surface area contributed by atoms with Crippen LogP contribution >= 0.6 is 0 Å². The van der Waals surface area contributed by atoms with Crippen LogP contribution in [0.4, 0.5) is 51.2 Å². The Morgan fingerprint density at radius 3 is 0.730 bits per heavy atom. The molecule has 20 aromatic carbocycles. The van der Waals surface area contributed by atoms with Gasteiger partial charge in [-0.25, -0.2) is 0 Å². The van der Waals surface area contributed by atoms with Crippen molar-refractivity contribution in [2.45, 2.75) is 0 Å². The molecular formula is C116H72N6O4. The molecule has 590 valence electrons. The van der Waals surface area contributed by atoms with E-state index in [-0.39, 0.29) is 0 Å². The van der Waals surface area contributed by atoms with Gasteiger partial charge in [0.25, 0.3) is 0 Å². The number of hydrogen-bond acceptors (Lipinski definition) is 7. The topological polar surface area (TPSA) is 77.1 Å². The van der Waals surface area contributed by atoms with Crippen molar-refractivity contribution in [2.75, 3.05) is 14.7 Å². The molecule has 0 bridgehead atoms. The van der Waals surface area contributed by atoms with Gasteiger partial charge in [0, 0.05) is 150 Å². The van der Waals surface area contributed by atoms with Crippen LogP contribution in [0.25, 0.3) is 192 Å². The minimum atomic E-state index is 0.834. The van der Waals surface area contributed by atoms with Crippen LogP contribution in [-0.2, 0) is 0 Å². The molecule has 0 spiro atoms. The van der Waals surface area contributed by atoms with Crippen molar-refractivity contribution in [3.8, 4) is 17.1 Å². The minimum Gasteiger partial charge on any atom is -0.456 e. The molecule has 7 heterocycles. The number of nitrogens with zero attached hydrogens (tertiary/aromatic N) is 6. The number of furan rings is 4. The van der Waals surface area contributed by atoms with Gasteiger partial charge in [-0.15, -0.1) is 0 Å². The highest BCUT2D eigenvalue weighted by Gasteiger charge is 2.26. The highest BCUT2D eigenvalue weighted by atomic mass is 16.3. The number of fused-ring (bicyclic) bond motifs is 23. The first-order valence-electron chi connectivity index (χ1n) is 42.7. The Labute approximate surface area is 721 Å². The summed E-state index contributed by atoms with van der Waals surface area (Å²) in [6.07, 6.45) is 0. The predicted molar refractivity (Wildman–Crippen MR) is 524 cm³/mol. The second kappa shape index (κ2) is 28.3. The molecule has 27 aromatic rings. The lowest BCUT2D eigenvalue weighted by molar-refractivity contribution is 0.668. The lowest BCUT2D eigenvalue weighted by atomic mass is 10.0. The van der Waals surface area contributed by atoms with Crippen LogP contribution in [-0.4, -0.2) is 13.7 Å². The molecule has 0 N–H and O–H groups in total. The van der Waals surface area contributed by atoms with Gasteiger partial charge >= 0.3 is 0 Å². The third kappa shape index (κ3) is 11.4. The first-order chi connectivity index (χ1) is 62.4. The van der Waals surface area contributed by atoms with Crippen molar-refractivity contribution >= 4 is 226 Å². The lowest BCUT2D eigenvalue weighted by Gasteiger charge is -2.25. The van der Waals surface area contributed by atoms with E-state index in [2.05, 4.69) is 453 Å². The summed E-state index contributed by atoms with van der Waals surface area (Å²) in [5.74, 6) is 0. The van der Waals surface area contributed by atoms with Gasteiger partial charge in [-0.05, 0) is 270 Å². The normalized spacial score (nSPS) is 12.0. The molecule has 0 fully saturated rings. The van der Waals surface area contributed by atoms with Gasteiger partial charge < -0.3 is 46.1 Å². The molecule has 0 aliphatic rings. The van der Waals surface area contributed by atoms with Crippen molar-refractivity contribution in [3.63, 3.8) is 0 Å². The maximum absolute atomic E-state index is 6.67. The average Bonchev–Trinajstić information content (AvgIpc) is 1.59. The fourth-order valence-corrected chi connectivity index (χ4v) is 19.9. The number of hydrogen-bond donors (Lipinski definition) is 0. The number of para-hydroxylation sites is 10. The first kappa shape index (κ1) is 70.7. The molecule has 27 rings (SSSR count). The highest BCUT2D eigenvalue weighted by Crippen LogP contribution is 2.49. The van der Waals surface area contributed by atoms with Gasteiger partial charge in [0.2, 0.25) is 0 Å². The molecule has 10 heteroatoms. The molecule has 0 atom stereocenters. The Hall–Kier alpha value is -17.1. The Morgan fingerprint density at radius 1 is 0.135 bits per heavy atom. The second-order valence-electron chi connectivity index (χ2n) is 32.7. The average molecular weight is 1610 g/mol. The maximum Gasteiger partial charge on any atom is 0.137 e. The van der Waals surface area contributed by atoms with Gasteiger partial charge in [-0.3, -0.25) is 0 Å². The van der Waals surface area contributed by atoms with Crippen LogP contribution in [0, 0.1) is 0 Å². The van der Waals surface area contributed by atoms with Crippen LogP contribution in [0.3, 0.4) is 0 Å². The van der Waals surface area contributed by atoms with E-state index in [1.165, 1.54) is 54.4 Å². The van der Waals surface area contributed by atoms with Crippen molar-refractivity contribution in [1.29, 1.82) is 0 Å². The Morgan fingerprint density at radius 2 is 0.365 bits per heavy atom. The van der Waals surface area contributed by atoms with Crippen molar-refractivity contribution < 1.29 is 17.7 Å². The number of benzene rings is 20. The van der Waals surface area contributed by atoms with Crippen molar-refractivity contribution in [3.05, 3.63) is 437 Å². The predicted octanol–water partition coefficient (Wildman–Crippen LogP) is 33.0. The van der Waals surface area contributed by atoms with Gasteiger partial charge in [-0.2, -0.15) is 0 Å². The molecule has 0 saturated heterocycles. The fourth-order valence-electron chi connectivity index (χ4n) is 19.9. The number of rotatable bonds is 12. The quantitative estimate of drug-likeness (QED) is 0.121. The number of aromatic nitrogens is 3. The first-order valence-corrected chi connectivity index (χ1v) is 42.7. The van der Waals surface area contributed by atoms with E-state index in [1.54, 1.807) is 0 Å². The molecule has 7 aromatic heterocycles. The fraction of sp³-hybridized carbons (Fsp3) is 0. The standard InChI is InChI=1S/C70H44N4O2.C46H28N2O2/c1-5-17-47(18-6-1)71(51-29-33-65-57(41-51)55-25-13-15-27-63(55)73(65)49-21-9-3-10-22-49)53-31-35-67-61(43-53)59-37-45-38-60-62-44-54(32-36-68(62)76-70(60)40-46(45)39-69(59)75-67)72(48-19-7-2-8-20-48)52-30-34-66-58(42-52)56-26-14-16-28-64(56)74(66)50-23-11-4-12-24-50;1-3-11-31(12-4-1)47(33-20-22-42-38(27-33)35-15-7-9-17-41(35)48(42)32-13-5-2-6-14-32)34-19-21-37-40-24-29-23-39-36-16-8-10-18-43(36)49-44(39)25-30(29)26-45(40)50-46(37)28-34/h1-44H;1-28H. The van der Waals surface area contributed by atoms with Crippen molar-refractivity contribution in [2.24, 2.45) is 0 Å². The van der Waals surface area contributed by atoms with E-state index in [0.29, 0.717) is 0 Å². The molecular weight excluding hydrogens is 1540 g/mol. The monoisotopic (exact) mass is 1610 g/mol. The molecule has 126 heavy (non-hydrogen) atoms. The molecule has 0 aliphatic heterocycles. The van der Waals surface area contributed by atoms with E-state index >= 15 is 0 Å². The molecule has 0 aliphatic carbocycles. The van der Waals surface area contributed by atoms with Crippen LogP contribution in [0.5, 0.6) is 0 Å². The highest BCUT2D eigenvalue weighted by molar-refractivity contribution is 6.20. The summed E-state index contributed by atoms with van der Waals surface area (Å²) < 4.78 is 33.2. The molecule has 0 radical (unpaired) electrons. The van der Waals surface area contributed by atoms with Gasteiger partial charge in [-0.1, -0.05) is 182 Å². The number of anilines is 9. The summed E-state index contributed by atoms with van der Waals surface area (Å²) in [4.78, 5) is 7.02. The van der Waals surface area contributed by atoms with Gasteiger partial charge in [0.1, 0.15) is 44.7 Å². The van der Waals surface area contributed by atoms with E-state index in [1.807, 2.05) is 12.1 Å². The van der Waals surface area contributed by atoms with Crippen LogP contribution in [0.15, 0.2) is 454 Å². The van der Waals surface area contributed by atoms with Crippen LogP contribution in [0.1, 0.15) is 0 Å². The van der Waals surface area contributed by atoms with Gasteiger partial charge in [0.15, 0.2) is 0 Å². The van der Waals surface area contributed by atoms with Gasteiger partial charge in [0.05, 0.1) is 33.1 Å². The van der Waals surface area contributed by atoms with Crippen LogP contribution in [0.2, 0.25) is 0 Å². The van der Waals surface area contributed by atoms with E-state index in [9.17, 15) is 0 Å². The van der Waals surface area contributed by atoms with Crippen molar-refractivity contribution in [1.82, 2.24) is 13.7 Å². The molecule has 0 unspecified atom stereocenters. The maximum atomic E-state index is 6.67. The summed E-state index contributed by atoms with van der Waals surface area (Å²) >= 11 is 0. The zero-order valence-corrected chi connectivity index (χ0v) is 67.9. The van der Waals surface area contributed by atoms with E-state index < -0.39 is 0 Å². The summed E-state index contributed by atoms with van der Waals surface area (Å²) in [5, 5.41) is 20.4. The summed E-state index contributed by atoms with van der Waals surface area (Å²) in [5.41, 5.74) is 26.9.